The van der Waals surface area contributed by atoms with Crippen LogP contribution in [-0.2, 0) is 0 Å². The highest BCUT2D eigenvalue weighted by Crippen LogP contribution is 1.87. The smallest absolute Gasteiger partial charge is 0.0235 e. The Balaban J connectivity index is 2.75. The van der Waals surface area contributed by atoms with Crippen molar-refractivity contribution in [3.8, 4) is 0 Å². The van der Waals surface area contributed by atoms with Crippen molar-refractivity contribution in [3.63, 3.8) is 0 Å². The number of unbranched alkanes of at least 4 members (excludes halogenated alkanes) is 1. The van der Waals surface area contributed by atoms with Crippen LogP contribution >= 0.6 is 0 Å². The van der Waals surface area contributed by atoms with E-state index in [1.807, 2.05) is 5.48 Å². The summed E-state index contributed by atoms with van der Waals surface area (Å²) < 4.78 is 0. The summed E-state index contributed by atoms with van der Waals surface area (Å²) in [6.45, 7) is 1.25. The SMILES string of the molecule is CN(O)CCCCNO. The van der Waals surface area contributed by atoms with Crippen LogP contribution in [0.4, 0.5) is 0 Å². The van der Waals surface area contributed by atoms with Crippen molar-refractivity contribution in [1.29, 1.82) is 0 Å². The normalized spacial score (nSPS) is 10.7. The Morgan fingerprint density at radius 2 is 2.11 bits per heavy atom. The third-order valence-electron chi connectivity index (χ3n) is 1.02. The van der Waals surface area contributed by atoms with Crippen LogP contribution < -0.4 is 5.48 Å². The van der Waals surface area contributed by atoms with Crippen LogP contribution in [0.1, 0.15) is 12.8 Å². The molecule has 3 N–H and O–H groups in total. The molecule has 0 spiro atoms. The summed E-state index contributed by atoms with van der Waals surface area (Å²) in [4.78, 5) is 0. The molecule has 0 fully saturated rings. The summed E-state index contributed by atoms with van der Waals surface area (Å²) in [5.74, 6) is 0. The molecular formula is C5H14N2O2. The van der Waals surface area contributed by atoms with Gasteiger partial charge in [-0.15, -0.1) is 0 Å². The molecule has 0 aliphatic heterocycles. The van der Waals surface area contributed by atoms with E-state index in [0.29, 0.717) is 13.1 Å². The van der Waals surface area contributed by atoms with Crippen molar-refractivity contribution in [2.75, 3.05) is 20.1 Å². The highest BCUT2D eigenvalue weighted by Gasteiger charge is 1.89. The second-order valence-electron chi connectivity index (χ2n) is 2.00. The molecule has 0 aromatic rings. The first-order valence-corrected chi connectivity index (χ1v) is 3.04. The van der Waals surface area contributed by atoms with E-state index in [2.05, 4.69) is 0 Å². The molecule has 9 heavy (non-hydrogen) atoms. The molecule has 0 heterocycles. The van der Waals surface area contributed by atoms with Crippen molar-refractivity contribution >= 4 is 0 Å². The minimum Gasteiger partial charge on any atom is -0.317 e. The van der Waals surface area contributed by atoms with Gasteiger partial charge in [0.05, 0.1) is 0 Å². The number of hydrogen-bond donors (Lipinski definition) is 3. The first kappa shape index (κ1) is 8.84. The van der Waals surface area contributed by atoms with E-state index in [9.17, 15) is 0 Å². The monoisotopic (exact) mass is 134 g/mol. The van der Waals surface area contributed by atoms with Gasteiger partial charge >= 0.3 is 0 Å². The second-order valence-corrected chi connectivity index (χ2v) is 2.00. The van der Waals surface area contributed by atoms with Gasteiger partial charge in [-0.3, -0.25) is 0 Å². The lowest BCUT2D eigenvalue weighted by atomic mass is 10.3. The number of rotatable bonds is 5. The van der Waals surface area contributed by atoms with Gasteiger partial charge in [0.25, 0.3) is 0 Å². The molecule has 0 saturated heterocycles. The van der Waals surface area contributed by atoms with E-state index >= 15 is 0 Å². The highest BCUT2D eigenvalue weighted by molar-refractivity contribution is 4.41. The zero-order valence-corrected chi connectivity index (χ0v) is 5.67. The molecule has 4 heteroatoms. The lowest BCUT2D eigenvalue weighted by molar-refractivity contribution is -0.0657. The van der Waals surface area contributed by atoms with E-state index in [-0.39, 0.29) is 0 Å². The van der Waals surface area contributed by atoms with Crippen LogP contribution in [0.3, 0.4) is 0 Å². The van der Waals surface area contributed by atoms with E-state index < -0.39 is 0 Å². The third kappa shape index (κ3) is 7.84. The van der Waals surface area contributed by atoms with E-state index in [1.54, 1.807) is 7.05 Å². The Morgan fingerprint density at radius 3 is 2.56 bits per heavy atom. The second kappa shape index (κ2) is 5.97. The summed E-state index contributed by atoms with van der Waals surface area (Å²) in [7, 11) is 1.60. The zero-order valence-electron chi connectivity index (χ0n) is 5.67. The van der Waals surface area contributed by atoms with Crippen molar-refractivity contribution in [2.45, 2.75) is 12.8 Å². The largest absolute Gasteiger partial charge is 0.317 e. The van der Waals surface area contributed by atoms with Gasteiger partial charge in [0.1, 0.15) is 0 Å². The maximum atomic E-state index is 8.60. The number of nitrogens with zero attached hydrogens (tertiary/aromatic N) is 1. The molecule has 0 radical (unpaired) electrons. The van der Waals surface area contributed by atoms with Gasteiger partial charge in [0, 0.05) is 20.1 Å². The maximum absolute atomic E-state index is 8.60. The topological polar surface area (TPSA) is 55.7 Å². The molecular weight excluding hydrogens is 120 g/mol. The molecule has 0 unspecified atom stereocenters. The van der Waals surface area contributed by atoms with E-state index in [1.165, 1.54) is 0 Å². The van der Waals surface area contributed by atoms with Gasteiger partial charge in [0.2, 0.25) is 0 Å². The fraction of sp³-hybridized carbons (Fsp3) is 1.00. The van der Waals surface area contributed by atoms with Crippen LogP contribution in [0.15, 0.2) is 0 Å². The number of hydroxylamine groups is 3. The minimum absolute atomic E-state index is 0.591. The molecule has 0 aliphatic rings. The molecule has 0 rings (SSSR count). The lowest BCUT2D eigenvalue weighted by Gasteiger charge is -2.05. The molecule has 0 aliphatic carbocycles. The first-order valence-electron chi connectivity index (χ1n) is 3.04. The standard InChI is InChI=1S/C5H14N2O2/c1-7(9)5-3-2-4-6-8/h6,8-9H,2-5H2,1H3. The predicted molar refractivity (Wildman–Crippen MR) is 33.4 cm³/mol. The molecule has 0 aromatic carbocycles. The Bertz CT molecular complexity index is 58.9. The summed E-state index contributed by atoms with van der Waals surface area (Å²) in [5.41, 5.74) is 2.04. The number of hydrogen-bond acceptors (Lipinski definition) is 4. The highest BCUT2D eigenvalue weighted by atomic mass is 16.5. The quantitative estimate of drug-likeness (QED) is 0.368. The Morgan fingerprint density at radius 1 is 1.44 bits per heavy atom. The van der Waals surface area contributed by atoms with Crippen LogP contribution in [0.2, 0.25) is 0 Å². The van der Waals surface area contributed by atoms with Crippen LogP contribution in [0.5, 0.6) is 0 Å². The summed E-state index contributed by atoms with van der Waals surface area (Å²) in [6, 6.07) is 0. The van der Waals surface area contributed by atoms with Crippen LogP contribution in [-0.4, -0.2) is 35.6 Å². The van der Waals surface area contributed by atoms with Crippen molar-refractivity contribution in [2.24, 2.45) is 0 Å². The third-order valence-corrected chi connectivity index (χ3v) is 1.02. The molecule has 0 atom stereocenters. The zero-order chi connectivity index (χ0) is 7.11. The van der Waals surface area contributed by atoms with Gasteiger partial charge in [0.15, 0.2) is 0 Å². The van der Waals surface area contributed by atoms with Gasteiger partial charge < -0.3 is 10.4 Å². The van der Waals surface area contributed by atoms with Crippen molar-refractivity contribution < 1.29 is 10.4 Å². The van der Waals surface area contributed by atoms with Gasteiger partial charge in [-0.1, -0.05) is 0 Å². The van der Waals surface area contributed by atoms with E-state index in [0.717, 1.165) is 17.9 Å². The fourth-order valence-electron chi connectivity index (χ4n) is 0.545. The maximum Gasteiger partial charge on any atom is 0.0235 e. The van der Waals surface area contributed by atoms with E-state index in [4.69, 9.17) is 10.4 Å². The Hall–Kier alpha value is -0.160. The predicted octanol–water partition coefficient (Wildman–Crippen LogP) is 0.0664. The molecule has 56 valence electrons. The van der Waals surface area contributed by atoms with Gasteiger partial charge in [-0.25, -0.2) is 5.48 Å². The summed E-state index contributed by atoms with van der Waals surface area (Å²) in [6.07, 6.45) is 1.77. The molecule has 4 nitrogen and oxygen atoms in total. The minimum atomic E-state index is 0.591. The van der Waals surface area contributed by atoms with Crippen molar-refractivity contribution in [1.82, 2.24) is 10.5 Å². The lowest BCUT2D eigenvalue weighted by Crippen LogP contribution is -2.16. The number of nitrogens with one attached hydrogen (secondary N) is 1. The van der Waals surface area contributed by atoms with Crippen LogP contribution in [0, 0.1) is 0 Å². The first-order chi connectivity index (χ1) is 4.27. The summed E-state index contributed by atoms with van der Waals surface area (Å²) >= 11 is 0. The summed E-state index contributed by atoms with van der Waals surface area (Å²) in [5, 5.41) is 17.8. The molecule has 0 amide bonds. The average molecular weight is 134 g/mol. The Labute approximate surface area is 55.0 Å². The molecule has 0 aromatic heterocycles. The van der Waals surface area contributed by atoms with Crippen molar-refractivity contribution in [3.05, 3.63) is 0 Å². The Kier molecular flexibility index (Phi) is 5.86. The molecule has 0 saturated carbocycles. The molecule has 0 bridgehead atoms. The van der Waals surface area contributed by atoms with Gasteiger partial charge in [-0.2, -0.15) is 5.06 Å². The van der Waals surface area contributed by atoms with Gasteiger partial charge in [-0.05, 0) is 12.8 Å². The average Bonchev–Trinajstić information content (AvgIpc) is 1.80. The van der Waals surface area contributed by atoms with Crippen LogP contribution in [0.25, 0.3) is 0 Å². The fourth-order valence-corrected chi connectivity index (χ4v) is 0.545.